The number of hydrogen-bond acceptors (Lipinski definition) is 2. The van der Waals surface area contributed by atoms with Gasteiger partial charge in [-0.1, -0.05) is 18.2 Å². The molecule has 0 heterocycles. The van der Waals surface area contributed by atoms with Crippen molar-refractivity contribution in [3.63, 3.8) is 0 Å². The Kier molecular flexibility index (Phi) is 6.81. The summed E-state index contributed by atoms with van der Waals surface area (Å²) in [6, 6.07) is 0. The number of carbonyl (C=O) groups excluding carboxylic acids is 1. The van der Waals surface area contributed by atoms with Gasteiger partial charge in [-0.25, -0.2) is 0 Å². The van der Waals surface area contributed by atoms with Crippen molar-refractivity contribution in [2.45, 2.75) is 19.3 Å². The van der Waals surface area contributed by atoms with Crippen molar-refractivity contribution >= 4 is 17.5 Å². The van der Waals surface area contributed by atoms with E-state index in [4.69, 9.17) is 17.3 Å². The molecule has 0 aliphatic carbocycles. The normalized spacial score (nSPS) is 9.50. The Labute approximate surface area is 78.0 Å². The maximum atomic E-state index is 11.0. The number of unbranched alkanes of at least 4 members (excludes halogenated alkanes) is 1. The van der Waals surface area contributed by atoms with Gasteiger partial charge < -0.3 is 11.1 Å². The summed E-state index contributed by atoms with van der Waals surface area (Å²) in [6.45, 7) is 4.44. The predicted molar refractivity (Wildman–Crippen MR) is 50.9 cm³/mol. The molecule has 70 valence electrons. The van der Waals surface area contributed by atoms with Crippen molar-refractivity contribution in [3.05, 3.63) is 11.6 Å². The molecule has 3 N–H and O–H groups in total. The van der Waals surface area contributed by atoms with Crippen LogP contribution in [0.2, 0.25) is 0 Å². The molecule has 0 unspecified atom stereocenters. The van der Waals surface area contributed by atoms with E-state index in [1.54, 1.807) is 0 Å². The minimum Gasteiger partial charge on any atom is -0.351 e. The van der Waals surface area contributed by atoms with Gasteiger partial charge in [0, 0.05) is 11.5 Å². The fourth-order valence-electron chi connectivity index (χ4n) is 0.713. The molecule has 3 nitrogen and oxygen atoms in total. The van der Waals surface area contributed by atoms with E-state index in [9.17, 15) is 4.79 Å². The first-order chi connectivity index (χ1) is 5.66. The molecule has 0 saturated heterocycles. The van der Waals surface area contributed by atoms with Crippen LogP contribution in [-0.4, -0.2) is 19.0 Å². The summed E-state index contributed by atoms with van der Waals surface area (Å²) in [5.41, 5.74) is 5.27. The van der Waals surface area contributed by atoms with Gasteiger partial charge in [0.1, 0.15) is 0 Å². The minimum atomic E-state index is 0.00486. The van der Waals surface area contributed by atoms with Gasteiger partial charge in [-0.3, -0.25) is 4.79 Å². The van der Waals surface area contributed by atoms with Crippen LogP contribution in [0.5, 0.6) is 0 Å². The lowest BCUT2D eigenvalue weighted by Gasteiger charge is -2.02. The smallest absolute Gasteiger partial charge is 0.220 e. The first kappa shape index (κ1) is 11.5. The average molecular weight is 191 g/mol. The number of hydrogen-bond donors (Lipinski definition) is 2. The highest BCUT2D eigenvalue weighted by atomic mass is 35.5. The van der Waals surface area contributed by atoms with Crippen molar-refractivity contribution in [1.29, 1.82) is 0 Å². The highest BCUT2D eigenvalue weighted by Crippen LogP contribution is 1.95. The lowest BCUT2D eigenvalue weighted by atomic mass is 10.2. The van der Waals surface area contributed by atoms with Gasteiger partial charge >= 0.3 is 0 Å². The maximum Gasteiger partial charge on any atom is 0.220 e. The van der Waals surface area contributed by atoms with Crippen LogP contribution in [0.15, 0.2) is 11.6 Å². The van der Waals surface area contributed by atoms with Crippen molar-refractivity contribution < 1.29 is 4.79 Å². The van der Waals surface area contributed by atoms with Gasteiger partial charge in [-0.15, -0.1) is 0 Å². The molecule has 0 aromatic heterocycles. The monoisotopic (exact) mass is 190 g/mol. The third-order valence-electron chi connectivity index (χ3n) is 1.34. The molecule has 0 aromatic carbocycles. The Morgan fingerprint density at radius 2 is 2.17 bits per heavy atom. The second kappa shape index (κ2) is 7.13. The fraction of sp³-hybridized carbons (Fsp3) is 0.625. The molecule has 0 atom stereocenters. The molecule has 4 heteroatoms. The lowest BCUT2D eigenvalue weighted by Crippen LogP contribution is -2.24. The first-order valence-electron chi connectivity index (χ1n) is 3.97. The first-order valence-corrected chi connectivity index (χ1v) is 4.34. The van der Waals surface area contributed by atoms with Gasteiger partial charge in [0.15, 0.2) is 0 Å². The molecule has 0 saturated carbocycles. The Morgan fingerprint density at radius 1 is 1.50 bits per heavy atom. The summed E-state index contributed by atoms with van der Waals surface area (Å²) in [4.78, 5) is 11.0. The van der Waals surface area contributed by atoms with Crippen molar-refractivity contribution in [2.24, 2.45) is 5.73 Å². The maximum absolute atomic E-state index is 11.0. The fourth-order valence-corrected chi connectivity index (χ4v) is 0.780. The van der Waals surface area contributed by atoms with Gasteiger partial charge in [0.05, 0.1) is 6.54 Å². The number of nitrogens with one attached hydrogen (secondary N) is 1. The Morgan fingerprint density at radius 3 is 2.67 bits per heavy atom. The van der Waals surface area contributed by atoms with Crippen LogP contribution in [0, 0.1) is 0 Å². The van der Waals surface area contributed by atoms with Crippen LogP contribution < -0.4 is 11.1 Å². The van der Waals surface area contributed by atoms with Gasteiger partial charge in [0.2, 0.25) is 5.91 Å². The second-order valence-electron chi connectivity index (χ2n) is 2.54. The van der Waals surface area contributed by atoms with Crippen molar-refractivity contribution in [2.75, 3.05) is 13.1 Å². The number of halogens is 1. The largest absolute Gasteiger partial charge is 0.351 e. The SMILES string of the molecule is C=C(Cl)CNC(=O)CCCCN. The zero-order valence-electron chi connectivity index (χ0n) is 7.11. The number of rotatable bonds is 6. The standard InChI is InChI=1S/C8H15ClN2O/c1-7(9)6-11-8(12)4-2-3-5-10/h1-6,10H2,(H,11,12). The highest BCUT2D eigenvalue weighted by molar-refractivity contribution is 6.29. The summed E-state index contributed by atoms with van der Waals surface area (Å²) in [5, 5.41) is 3.08. The zero-order chi connectivity index (χ0) is 9.40. The molecule has 0 radical (unpaired) electrons. The third-order valence-corrected chi connectivity index (χ3v) is 1.47. The van der Waals surface area contributed by atoms with E-state index in [1.807, 2.05) is 0 Å². The quantitative estimate of drug-likeness (QED) is 0.614. The molecule has 0 rings (SSSR count). The second-order valence-corrected chi connectivity index (χ2v) is 3.07. The zero-order valence-corrected chi connectivity index (χ0v) is 7.86. The number of carbonyl (C=O) groups is 1. The molecule has 0 fully saturated rings. The van der Waals surface area contributed by atoms with E-state index < -0.39 is 0 Å². The summed E-state index contributed by atoms with van der Waals surface area (Å²) in [6.07, 6.45) is 2.23. The molecule has 0 bridgehead atoms. The molecule has 0 aliphatic rings. The topological polar surface area (TPSA) is 55.1 Å². The molecule has 1 amide bonds. The van der Waals surface area contributed by atoms with Crippen LogP contribution in [-0.2, 0) is 4.79 Å². The van der Waals surface area contributed by atoms with E-state index in [2.05, 4.69) is 11.9 Å². The van der Waals surface area contributed by atoms with Gasteiger partial charge in [-0.05, 0) is 19.4 Å². The molecule has 0 aliphatic heterocycles. The van der Waals surface area contributed by atoms with E-state index in [-0.39, 0.29) is 5.91 Å². The van der Waals surface area contributed by atoms with Crippen LogP contribution in [0.4, 0.5) is 0 Å². The summed E-state index contributed by atoms with van der Waals surface area (Å²) in [5.74, 6) is 0.00486. The van der Waals surface area contributed by atoms with Gasteiger partial charge in [-0.2, -0.15) is 0 Å². The van der Waals surface area contributed by atoms with Crippen LogP contribution >= 0.6 is 11.6 Å². The minimum absolute atomic E-state index is 0.00486. The highest BCUT2D eigenvalue weighted by Gasteiger charge is 1.99. The van der Waals surface area contributed by atoms with Crippen LogP contribution in [0.1, 0.15) is 19.3 Å². The summed E-state index contributed by atoms with van der Waals surface area (Å²) in [7, 11) is 0. The molecule has 0 aromatic rings. The molecular weight excluding hydrogens is 176 g/mol. The van der Waals surface area contributed by atoms with E-state index >= 15 is 0 Å². The molecule has 0 spiro atoms. The summed E-state index contributed by atoms with van der Waals surface area (Å²) < 4.78 is 0. The Balaban J connectivity index is 3.28. The van der Waals surface area contributed by atoms with E-state index in [1.165, 1.54) is 0 Å². The van der Waals surface area contributed by atoms with E-state index in [0.29, 0.717) is 24.5 Å². The number of amides is 1. The third kappa shape index (κ3) is 7.57. The molecular formula is C8H15ClN2O. The van der Waals surface area contributed by atoms with Crippen molar-refractivity contribution in [3.8, 4) is 0 Å². The van der Waals surface area contributed by atoms with E-state index in [0.717, 1.165) is 12.8 Å². The lowest BCUT2D eigenvalue weighted by molar-refractivity contribution is -0.121. The number of nitrogens with two attached hydrogens (primary N) is 1. The average Bonchev–Trinajstić information content (AvgIpc) is 2.01. The van der Waals surface area contributed by atoms with Crippen LogP contribution in [0.3, 0.4) is 0 Å². The molecule has 12 heavy (non-hydrogen) atoms. The van der Waals surface area contributed by atoms with Crippen LogP contribution in [0.25, 0.3) is 0 Å². The van der Waals surface area contributed by atoms with Crippen molar-refractivity contribution in [1.82, 2.24) is 5.32 Å². The Bertz CT molecular complexity index is 159. The predicted octanol–water partition coefficient (Wildman–Crippen LogP) is 0.984. The Hall–Kier alpha value is -0.540. The summed E-state index contributed by atoms with van der Waals surface area (Å²) >= 11 is 5.45. The van der Waals surface area contributed by atoms with Gasteiger partial charge in [0.25, 0.3) is 0 Å².